The molecule has 1 fully saturated rings. The fraction of sp³-hybridized carbons (Fsp3) is 0.250. The fourth-order valence-corrected chi connectivity index (χ4v) is 4.28. The average Bonchev–Trinajstić information content (AvgIpc) is 3.58. The number of nitrogen functional groups attached to an aromatic ring is 1. The van der Waals surface area contributed by atoms with Crippen molar-refractivity contribution in [1.29, 1.82) is 0 Å². The molecule has 0 radical (unpaired) electrons. The lowest BCUT2D eigenvalue weighted by Crippen LogP contribution is -2.38. The summed E-state index contributed by atoms with van der Waals surface area (Å²) in [4.78, 5) is 16.8. The summed E-state index contributed by atoms with van der Waals surface area (Å²) in [5.41, 5.74) is 9.33. The van der Waals surface area contributed by atoms with Gasteiger partial charge < -0.3 is 11.1 Å². The van der Waals surface area contributed by atoms with Crippen molar-refractivity contribution in [3.8, 4) is 11.3 Å². The second-order valence-electron chi connectivity index (χ2n) is 8.33. The van der Waals surface area contributed by atoms with Gasteiger partial charge in [-0.15, -0.1) is 0 Å². The Bertz CT molecular complexity index is 1310. The Morgan fingerprint density at radius 3 is 2.64 bits per heavy atom. The molecule has 33 heavy (non-hydrogen) atoms. The Hall–Kier alpha value is -3.75. The topological polar surface area (TPSA) is 89.6 Å². The molecule has 3 unspecified atom stereocenters. The van der Waals surface area contributed by atoms with Crippen molar-refractivity contribution in [3.63, 3.8) is 0 Å². The third-order valence-corrected chi connectivity index (χ3v) is 6.10. The summed E-state index contributed by atoms with van der Waals surface area (Å²) in [6, 6.07) is 7.08. The molecule has 1 saturated carbocycles. The van der Waals surface area contributed by atoms with Gasteiger partial charge in [0.2, 0.25) is 0 Å². The number of hydrogen-bond donors (Lipinski definition) is 2. The van der Waals surface area contributed by atoms with E-state index in [0.717, 1.165) is 16.7 Å². The SMILES string of the molecule is Cc1ccncc1-c1cc2cc(NC(C3CC3c3cccnc3)C(F)(F)F)ncc2c(N)n1. The third kappa shape index (κ3) is 4.18. The average molecular weight is 450 g/mol. The minimum Gasteiger partial charge on any atom is -0.383 e. The summed E-state index contributed by atoms with van der Waals surface area (Å²) in [7, 11) is 0. The molecule has 0 bridgehead atoms. The highest BCUT2D eigenvalue weighted by atomic mass is 19.4. The van der Waals surface area contributed by atoms with Crippen LogP contribution in [-0.4, -0.2) is 32.2 Å². The number of rotatable bonds is 5. The summed E-state index contributed by atoms with van der Waals surface area (Å²) < 4.78 is 41.9. The lowest BCUT2D eigenvalue weighted by molar-refractivity contribution is -0.147. The van der Waals surface area contributed by atoms with Gasteiger partial charge in [0.25, 0.3) is 0 Å². The van der Waals surface area contributed by atoms with E-state index in [2.05, 4.69) is 25.3 Å². The van der Waals surface area contributed by atoms with Crippen molar-refractivity contribution in [2.75, 3.05) is 11.1 Å². The number of aryl methyl sites for hydroxylation is 1. The van der Waals surface area contributed by atoms with E-state index in [1.165, 1.54) is 6.20 Å². The van der Waals surface area contributed by atoms with Crippen molar-refractivity contribution in [3.05, 3.63) is 72.4 Å². The highest BCUT2D eigenvalue weighted by Gasteiger charge is 2.55. The molecule has 4 heterocycles. The van der Waals surface area contributed by atoms with Crippen LogP contribution in [0.1, 0.15) is 23.5 Å². The van der Waals surface area contributed by atoms with E-state index in [-0.39, 0.29) is 17.6 Å². The number of hydrogen-bond acceptors (Lipinski definition) is 6. The molecule has 0 spiro atoms. The molecule has 0 aromatic carbocycles. The zero-order valence-corrected chi connectivity index (χ0v) is 17.7. The van der Waals surface area contributed by atoms with Gasteiger partial charge in [0, 0.05) is 41.9 Å². The number of pyridine rings is 4. The molecular weight excluding hydrogens is 429 g/mol. The number of anilines is 2. The summed E-state index contributed by atoms with van der Waals surface area (Å²) in [6.45, 7) is 1.93. The minimum atomic E-state index is -4.42. The van der Waals surface area contributed by atoms with Crippen LogP contribution in [0, 0.1) is 12.8 Å². The molecule has 5 rings (SSSR count). The molecule has 3 N–H and O–H groups in total. The van der Waals surface area contributed by atoms with Crippen LogP contribution in [0.2, 0.25) is 0 Å². The van der Waals surface area contributed by atoms with Crippen molar-refractivity contribution >= 4 is 22.4 Å². The van der Waals surface area contributed by atoms with Crippen molar-refractivity contribution in [2.24, 2.45) is 5.92 Å². The number of fused-ring (bicyclic) bond motifs is 1. The van der Waals surface area contributed by atoms with E-state index in [1.54, 1.807) is 43.0 Å². The quantitative estimate of drug-likeness (QED) is 0.439. The van der Waals surface area contributed by atoms with Gasteiger partial charge in [0.05, 0.1) is 5.69 Å². The van der Waals surface area contributed by atoms with Crippen molar-refractivity contribution in [2.45, 2.75) is 31.5 Å². The van der Waals surface area contributed by atoms with Crippen LogP contribution in [0.15, 0.2) is 61.3 Å². The molecule has 0 aliphatic heterocycles. The second-order valence-corrected chi connectivity index (χ2v) is 8.33. The molecule has 9 heteroatoms. The Morgan fingerprint density at radius 1 is 1.09 bits per heavy atom. The number of nitrogens with two attached hydrogens (primary N) is 1. The first-order valence-electron chi connectivity index (χ1n) is 10.5. The molecule has 168 valence electrons. The van der Waals surface area contributed by atoms with E-state index in [1.807, 2.05) is 19.1 Å². The summed E-state index contributed by atoms with van der Waals surface area (Å²) >= 11 is 0. The predicted octanol–water partition coefficient (Wildman–Crippen LogP) is 5.12. The van der Waals surface area contributed by atoms with E-state index in [0.29, 0.717) is 22.9 Å². The largest absolute Gasteiger partial charge is 0.408 e. The fourth-order valence-electron chi connectivity index (χ4n) is 4.28. The summed E-state index contributed by atoms with van der Waals surface area (Å²) in [6.07, 6.45) is 4.09. The van der Waals surface area contributed by atoms with Crippen molar-refractivity contribution < 1.29 is 13.2 Å². The maximum absolute atomic E-state index is 14.0. The van der Waals surface area contributed by atoms with Gasteiger partial charge in [-0.25, -0.2) is 9.97 Å². The first-order valence-corrected chi connectivity index (χ1v) is 10.5. The predicted molar refractivity (Wildman–Crippen MR) is 120 cm³/mol. The normalized spacial score (nSPS) is 18.8. The third-order valence-electron chi connectivity index (χ3n) is 6.10. The summed E-state index contributed by atoms with van der Waals surface area (Å²) in [5, 5.41) is 3.86. The molecule has 0 saturated heterocycles. The molecule has 0 amide bonds. The highest BCUT2D eigenvalue weighted by Crippen LogP contribution is 2.53. The molecule has 6 nitrogen and oxygen atoms in total. The van der Waals surface area contributed by atoms with E-state index < -0.39 is 18.1 Å². The van der Waals surface area contributed by atoms with Gasteiger partial charge >= 0.3 is 6.18 Å². The van der Waals surface area contributed by atoms with Crippen LogP contribution in [0.4, 0.5) is 24.8 Å². The number of nitrogens with one attached hydrogen (secondary N) is 1. The maximum Gasteiger partial charge on any atom is 0.408 e. The molecule has 4 aromatic rings. The number of nitrogens with zero attached hydrogens (tertiary/aromatic N) is 4. The zero-order chi connectivity index (χ0) is 23.2. The minimum absolute atomic E-state index is 0.140. The number of alkyl halides is 3. The number of halogens is 3. The molecule has 4 aromatic heterocycles. The van der Waals surface area contributed by atoms with E-state index in [9.17, 15) is 13.2 Å². The molecule has 3 atom stereocenters. The second kappa shape index (κ2) is 7.99. The monoisotopic (exact) mass is 450 g/mol. The van der Waals surface area contributed by atoms with Gasteiger partial charge in [-0.05, 0) is 66.0 Å². The van der Waals surface area contributed by atoms with E-state index in [4.69, 9.17) is 5.73 Å². The first-order chi connectivity index (χ1) is 15.8. The van der Waals surface area contributed by atoms with Gasteiger partial charge in [0.15, 0.2) is 0 Å². The van der Waals surface area contributed by atoms with Gasteiger partial charge in [0.1, 0.15) is 17.7 Å². The molecule has 1 aliphatic rings. The Kier molecular flexibility index (Phi) is 5.11. The lowest BCUT2D eigenvalue weighted by atomic mass is 10.0. The van der Waals surface area contributed by atoms with Gasteiger partial charge in [-0.1, -0.05) is 6.07 Å². The van der Waals surface area contributed by atoms with Gasteiger partial charge in [-0.2, -0.15) is 13.2 Å². The number of aromatic nitrogens is 4. The zero-order valence-electron chi connectivity index (χ0n) is 17.7. The smallest absolute Gasteiger partial charge is 0.383 e. The van der Waals surface area contributed by atoms with E-state index >= 15 is 0 Å². The maximum atomic E-state index is 14.0. The van der Waals surface area contributed by atoms with Crippen LogP contribution >= 0.6 is 0 Å². The Morgan fingerprint density at radius 2 is 1.91 bits per heavy atom. The van der Waals surface area contributed by atoms with Crippen LogP contribution in [0.25, 0.3) is 22.0 Å². The molecular formula is C24H21F3N6. The molecule has 1 aliphatic carbocycles. The van der Waals surface area contributed by atoms with Crippen LogP contribution < -0.4 is 11.1 Å². The van der Waals surface area contributed by atoms with Crippen LogP contribution in [0.5, 0.6) is 0 Å². The van der Waals surface area contributed by atoms with Gasteiger partial charge in [-0.3, -0.25) is 9.97 Å². The standard InChI is InChI=1S/C24H21F3N6/c1-13-4-6-30-11-18(13)20-7-15-8-21(31-12-19(15)23(28)32-20)33-22(24(25,26)27)17-9-16(17)14-3-2-5-29-10-14/h2-8,10-12,16-17,22H,9H2,1H3,(H2,28,32)(H,31,33). The van der Waals surface area contributed by atoms with Crippen LogP contribution in [0.3, 0.4) is 0 Å². The summed E-state index contributed by atoms with van der Waals surface area (Å²) in [5.74, 6) is -0.363. The lowest BCUT2D eigenvalue weighted by Gasteiger charge is -2.23. The van der Waals surface area contributed by atoms with Crippen molar-refractivity contribution in [1.82, 2.24) is 19.9 Å². The Labute approximate surface area is 188 Å². The first kappa shape index (κ1) is 21.1. The Balaban J connectivity index is 1.47. The highest BCUT2D eigenvalue weighted by molar-refractivity contribution is 5.94. The van der Waals surface area contributed by atoms with Crippen LogP contribution in [-0.2, 0) is 0 Å².